The van der Waals surface area contributed by atoms with Crippen molar-refractivity contribution >= 4 is 11.9 Å². The largest absolute Gasteiger partial charge is 0.460 e. The number of esters is 1. The molecule has 0 spiro atoms. The van der Waals surface area contributed by atoms with Gasteiger partial charge in [-0.15, -0.1) is 0 Å². The van der Waals surface area contributed by atoms with Gasteiger partial charge in [-0.2, -0.15) is 0 Å². The molecule has 4 heteroatoms. The van der Waals surface area contributed by atoms with Crippen molar-refractivity contribution in [1.82, 2.24) is 5.32 Å². The number of amides is 1. The van der Waals surface area contributed by atoms with Crippen LogP contribution in [0.3, 0.4) is 0 Å². The highest BCUT2D eigenvalue weighted by molar-refractivity contribution is 5.96. The monoisotopic (exact) mass is 309 g/mol. The summed E-state index contributed by atoms with van der Waals surface area (Å²) >= 11 is 0. The lowest BCUT2D eigenvalue weighted by atomic mass is 10.0. The SMILES string of the molecule is C=C(C)COC(=O)CNC(=O)c1ccc(-c2ccccc2)cc1. The highest BCUT2D eigenvalue weighted by atomic mass is 16.5. The molecule has 1 amide bonds. The summed E-state index contributed by atoms with van der Waals surface area (Å²) in [5, 5.41) is 2.54. The summed E-state index contributed by atoms with van der Waals surface area (Å²) in [5.41, 5.74) is 3.37. The van der Waals surface area contributed by atoms with Crippen molar-refractivity contribution in [2.45, 2.75) is 6.92 Å². The molecule has 2 aromatic carbocycles. The maximum absolute atomic E-state index is 12.0. The van der Waals surface area contributed by atoms with Crippen molar-refractivity contribution in [3.63, 3.8) is 0 Å². The minimum absolute atomic E-state index is 0.160. The fourth-order valence-electron chi connectivity index (χ4n) is 1.95. The van der Waals surface area contributed by atoms with Gasteiger partial charge in [0.25, 0.3) is 5.91 Å². The lowest BCUT2D eigenvalue weighted by Crippen LogP contribution is -2.30. The van der Waals surface area contributed by atoms with E-state index >= 15 is 0 Å². The topological polar surface area (TPSA) is 55.4 Å². The Bertz CT molecular complexity index is 690. The summed E-state index contributed by atoms with van der Waals surface area (Å²) in [7, 11) is 0. The fourth-order valence-corrected chi connectivity index (χ4v) is 1.95. The third kappa shape index (κ3) is 5.11. The third-order valence-corrected chi connectivity index (χ3v) is 3.13. The maximum atomic E-state index is 12.0. The first-order valence-electron chi connectivity index (χ1n) is 7.30. The van der Waals surface area contributed by atoms with Gasteiger partial charge in [0.05, 0.1) is 0 Å². The molecule has 0 aliphatic heterocycles. The van der Waals surface area contributed by atoms with Crippen LogP contribution in [0.5, 0.6) is 0 Å². The Kier molecular flexibility index (Phi) is 5.69. The number of carbonyl (C=O) groups excluding carboxylic acids is 2. The van der Waals surface area contributed by atoms with E-state index in [0.29, 0.717) is 5.56 Å². The van der Waals surface area contributed by atoms with Gasteiger partial charge in [0.1, 0.15) is 13.2 Å². The molecule has 0 bridgehead atoms. The minimum atomic E-state index is -0.484. The first-order valence-corrected chi connectivity index (χ1v) is 7.30. The molecule has 0 saturated heterocycles. The molecule has 23 heavy (non-hydrogen) atoms. The number of nitrogens with one attached hydrogen (secondary N) is 1. The molecule has 2 rings (SSSR count). The van der Waals surface area contributed by atoms with E-state index in [1.165, 1.54) is 0 Å². The van der Waals surface area contributed by atoms with Crippen LogP contribution >= 0.6 is 0 Å². The standard InChI is InChI=1S/C19H19NO3/c1-14(2)13-23-18(21)12-20-19(22)17-10-8-16(9-11-17)15-6-4-3-5-7-15/h3-11H,1,12-13H2,2H3,(H,20,22). The van der Waals surface area contributed by atoms with E-state index in [9.17, 15) is 9.59 Å². The Morgan fingerprint density at radius 3 is 2.22 bits per heavy atom. The number of hydrogen-bond acceptors (Lipinski definition) is 3. The molecule has 0 fully saturated rings. The lowest BCUT2D eigenvalue weighted by Gasteiger charge is -2.07. The Hall–Kier alpha value is -2.88. The molecule has 0 saturated carbocycles. The Labute approximate surface area is 135 Å². The second-order valence-electron chi connectivity index (χ2n) is 5.24. The van der Waals surface area contributed by atoms with Gasteiger partial charge in [-0.1, -0.05) is 49.0 Å². The quantitative estimate of drug-likeness (QED) is 0.658. The van der Waals surface area contributed by atoms with E-state index in [0.717, 1.165) is 16.7 Å². The average Bonchev–Trinajstić information content (AvgIpc) is 2.58. The van der Waals surface area contributed by atoms with Gasteiger partial charge >= 0.3 is 5.97 Å². The Morgan fingerprint density at radius 1 is 1.00 bits per heavy atom. The summed E-state index contributed by atoms with van der Waals surface area (Å²) in [5.74, 6) is -0.792. The summed E-state index contributed by atoms with van der Waals surface area (Å²) in [6.45, 7) is 5.41. The molecule has 0 aromatic heterocycles. The van der Waals surface area contributed by atoms with Gasteiger partial charge in [-0.3, -0.25) is 9.59 Å². The van der Waals surface area contributed by atoms with Gasteiger partial charge in [0, 0.05) is 5.56 Å². The van der Waals surface area contributed by atoms with Crippen LogP contribution in [0, 0.1) is 0 Å². The summed E-state index contributed by atoms with van der Waals surface area (Å²) in [6, 6.07) is 17.1. The molecular formula is C19H19NO3. The van der Waals surface area contributed by atoms with Crippen molar-refractivity contribution in [2.24, 2.45) is 0 Å². The van der Waals surface area contributed by atoms with Crippen LogP contribution in [0.15, 0.2) is 66.7 Å². The van der Waals surface area contributed by atoms with E-state index in [4.69, 9.17) is 4.74 Å². The molecule has 0 aliphatic rings. The van der Waals surface area contributed by atoms with Gasteiger partial charge < -0.3 is 10.1 Å². The molecule has 0 unspecified atom stereocenters. The third-order valence-electron chi connectivity index (χ3n) is 3.13. The van der Waals surface area contributed by atoms with E-state index in [-0.39, 0.29) is 19.1 Å². The molecule has 0 heterocycles. The lowest BCUT2D eigenvalue weighted by molar-refractivity contribution is -0.141. The number of hydrogen-bond donors (Lipinski definition) is 1. The molecule has 118 valence electrons. The highest BCUT2D eigenvalue weighted by Gasteiger charge is 2.09. The first kappa shape index (κ1) is 16.5. The van der Waals surface area contributed by atoms with Crippen molar-refractivity contribution in [3.05, 3.63) is 72.3 Å². The van der Waals surface area contributed by atoms with Crippen molar-refractivity contribution < 1.29 is 14.3 Å². The van der Waals surface area contributed by atoms with E-state index in [1.807, 2.05) is 42.5 Å². The maximum Gasteiger partial charge on any atom is 0.325 e. The molecule has 0 aliphatic carbocycles. The van der Waals surface area contributed by atoms with Crippen LogP contribution in [-0.2, 0) is 9.53 Å². The number of carbonyl (C=O) groups is 2. The second kappa shape index (κ2) is 7.94. The van der Waals surface area contributed by atoms with Gasteiger partial charge in [-0.05, 0) is 35.8 Å². The second-order valence-corrected chi connectivity index (χ2v) is 5.24. The van der Waals surface area contributed by atoms with E-state index in [2.05, 4.69) is 11.9 Å². The van der Waals surface area contributed by atoms with Crippen molar-refractivity contribution in [2.75, 3.05) is 13.2 Å². The predicted molar refractivity (Wildman–Crippen MR) is 90.0 cm³/mol. The molecule has 1 N–H and O–H groups in total. The van der Waals surface area contributed by atoms with Crippen molar-refractivity contribution in [3.8, 4) is 11.1 Å². The molecule has 0 radical (unpaired) electrons. The van der Waals surface area contributed by atoms with Crippen LogP contribution in [0.2, 0.25) is 0 Å². The Morgan fingerprint density at radius 2 is 1.61 bits per heavy atom. The van der Waals surface area contributed by atoms with E-state index < -0.39 is 5.97 Å². The number of benzene rings is 2. The fraction of sp³-hybridized carbons (Fsp3) is 0.158. The van der Waals surface area contributed by atoms with Crippen LogP contribution in [-0.4, -0.2) is 25.0 Å². The van der Waals surface area contributed by atoms with Crippen molar-refractivity contribution in [1.29, 1.82) is 0 Å². The Balaban J connectivity index is 1.90. The van der Waals surface area contributed by atoms with Gasteiger partial charge in [0.2, 0.25) is 0 Å². The van der Waals surface area contributed by atoms with Crippen LogP contribution in [0.4, 0.5) is 0 Å². The molecule has 4 nitrogen and oxygen atoms in total. The highest BCUT2D eigenvalue weighted by Crippen LogP contribution is 2.19. The normalized spacial score (nSPS) is 9.96. The summed E-state index contributed by atoms with van der Waals surface area (Å²) in [4.78, 5) is 23.4. The summed E-state index contributed by atoms with van der Waals surface area (Å²) in [6.07, 6.45) is 0. The van der Waals surface area contributed by atoms with Crippen LogP contribution in [0.25, 0.3) is 11.1 Å². The van der Waals surface area contributed by atoms with Gasteiger partial charge in [0.15, 0.2) is 0 Å². The summed E-state index contributed by atoms with van der Waals surface area (Å²) < 4.78 is 4.91. The van der Waals surface area contributed by atoms with Crippen LogP contribution in [0.1, 0.15) is 17.3 Å². The average molecular weight is 309 g/mol. The predicted octanol–water partition coefficient (Wildman–Crippen LogP) is 3.20. The molecule has 2 aromatic rings. The van der Waals surface area contributed by atoms with Gasteiger partial charge in [-0.25, -0.2) is 0 Å². The number of ether oxygens (including phenoxy) is 1. The minimum Gasteiger partial charge on any atom is -0.460 e. The molecule has 0 atom stereocenters. The smallest absolute Gasteiger partial charge is 0.325 e. The zero-order valence-corrected chi connectivity index (χ0v) is 13.0. The zero-order valence-electron chi connectivity index (χ0n) is 13.0. The zero-order chi connectivity index (χ0) is 16.7. The number of rotatable bonds is 6. The first-order chi connectivity index (χ1) is 11.1. The van der Waals surface area contributed by atoms with E-state index in [1.54, 1.807) is 19.1 Å². The van der Waals surface area contributed by atoms with Crippen LogP contribution < -0.4 is 5.32 Å². The molecular weight excluding hydrogens is 290 g/mol.